The Morgan fingerprint density at radius 1 is 1.14 bits per heavy atom. The van der Waals surface area contributed by atoms with Gasteiger partial charge in [0.2, 0.25) is 17.8 Å². The minimum Gasteiger partial charge on any atom is -0.351 e. The van der Waals surface area contributed by atoms with Crippen LogP contribution in [0, 0.1) is 0 Å². The number of aliphatic imine (C=N–C) groups is 1. The molecule has 3 heterocycles. The summed E-state index contributed by atoms with van der Waals surface area (Å²) >= 11 is 0. The van der Waals surface area contributed by atoms with Crippen molar-refractivity contribution in [1.29, 1.82) is 0 Å². The number of nitrogens with one attached hydrogen (secondary N) is 1. The lowest BCUT2D eigenvalue weighted by molar-refractivity contribution is -0.126. The van der Waals surface area contributed by atoms with E-state index in [4.69, 9.17) is 15.7 Å². The number of nitrogens with zero attached hydrogens (tertiary/aromatic N) is 5. The zero-order valence-electron chi connectivity index (χ0n) is 21.5. The number of carbonyl (C=O) groups excluding carboxylic acids is 1. The number of carbonyl (C=O) groups is 1. The minimum atomic E-state index is -0.385. The first kappa shape index (κ1) is 24.6. The Bertz CT molecular complexity index is 1330. The maximum absolute atomic E-state index is 12.6. The lowest BCUT2D eigenvalue weighted by Crippen LogP contribution is -2.52. The molecule has 3 aromatic rings. The van der Waals surface area contributed by atoms with Crippen molar-refractivity contribution >= 4 is 23.6 Å². The number of anilines is 2. The van der Waals surface area contributed by atoms with E-state index in [9.17, 15) is 4.79 Å². The molecule has 190 valence electrons. The number of benzene rings is 2. The van der Waals surface area contributed by atoms with Gasteiger partial charge in [-0.25, -0.2) is 9.98 Å². The maximum Gasteiger partial charge on any atom is 0.235 e. The molecule has 5 rings (SSSR count). The van der Waals surface area contributed by atoms with Crippen LogP contribution in [0.15, 0.2) is 84.1 Å². The predicted octanol–water partition coefficient (Wildman–Crippen LogP) is 4.38. The quantitative estimate of drug-likeness (QED) is 0.505. The molecule has 0 bridgehead atoms. The van der Waals surface area contributed by atoms with Gasteiger partial charge in [-0.15, -0.1) is 0 Å². The Kier molecular flexibility index (Phi) is 6.76. The summed E-state index contributed by atoms with van der Waals surface area (Å²) in [6.07, 6.45) is 6.71. The Morgan fingerprint density at radius 3 is 2.73 bits per heavy atom. The van der Waals surface area contributed by atoms with Gasteiger partial charge in [-0.2, -0.15) is 4.98 Å². The highest BCUT2D eigenvalue weighted by Gasteiger charge is 2.33. The fourth-order valence-corrected chi connectivity index (χ4v) is 4.63. The molecule has 0 saturated carbocycles. The summed E-state index contributed by atoms with van der Waals surface area (Å²) in [5.41, 5.74) is 9.28. The molecule has 2 atom stereocenters. The Balaban J connectivity index is 1.34. The molecule has 0 aliphatic carbocycles. The van der Waals surface area contributed by atoms with Crippen LogP contribution in [0.1, 0.15) is 49.9 Å². The highest BCUT2D eigenvalue weighted by atomic mass is 16.2. The molecule has 1 amide bonds. The number of hydrogen-bond donors (Lipinski definition) is 2. The highest BCUT2D eigenvalue weighted by Crippen LogP contribution is 2.28. The van der Waals surface area contributed by atoms with E-state index in [0.717, 1.165) is 17.5 Å². The van der Waals surface area contributed by atoms with E-state index in [-0.39, 0.29) is 23.5 Å². The van der Waals surface area contributed by atoms with Crippen molar-refractivity contribution in [2.45, 2.75) is 51.2 Å². The zero-order valence-corrected chi connectivity index (χ0v) is 21.5. The van der Waals surface area contributed by atoms with E-state index in [1.807, 2.05) is 67.4 Å². The van der Waals surface area contributed by atoms with Crippen LogP contribution in [0.4, 0.5) is 11.8 Å². The average Bonchev–Trinajstić information content (AvgIpc) is 2.89. The van der Waals surface area contributed by atoms with Gasteiger partial charge < -0.3 is 11.1 Å². The molecule has 2 aromatic carbocycles. The van der Waals surface area contributed by atoms with Gasteiger partial charge in [-0.05, 0) is 56.0 Å². The van der Waals surface area contributed by atoms with Crippen molar-refractivity contribution in [2.24, 2.45) is 10.7 Å². The molecule has 0 spiro atoms. The normalized spacial score (nSPS) is 18.3. The number of aromatic nitrogens is 2. The van der Waals surface area contributed by atoms with E-state index < -0.39 is 0 Å². The van der Waals surface area contributed by atoms with E-state index in [1.54, 1.807) is 11.1 Å². The molecule has 0 radical (unpaired) electrons. The topological polar surface area (TPSA) is 99.7 Å². The second-order valence-electron chi connectivity index (χ2n) is 10.2. The van der Waals surface area contributed by atoms with Crippen LogP contribution in [0.5, 0.6) is 0 Å². The van der Waals surface area contributed by atoms with Gasteiger partial charge in [-0.3, -0.25) is 14.6 Å². The van der Waals surface area contributed by atoms with Crippen LogP contribution in [0.2, 0.25) is 0 Å². The molecule has 3 N–H and O–H groups in total. The summed E-state index contributed by atoms with van der Waals surface area (Å²) in [5.74, 6) is 1.86. The van der Waals surface area contributed by atoms with Crippen LogP contribution in [0.3, 0.4) is 0 Å². The fraction of sp³-hybridized carbons (Fsp3) is 0.310. The summed E-state index contributed by atoms with van der Waals surface area (Å²) in [5, 5.41) is 3.43. The molecule has 1 fully saturated rings. The smallest absolute Gasteiger partial charge is 0.235 e. The second-order valence-corrected chi connectivity index (χ2v) is 10.2. The predicted molar refractivity (Wildman–Crippen MR) is 147 cm³/mol. The molecular weight excluding hydrogens is 462 g/mol. The molecule has 8 heteroatoms. The second kappa shape index (κ2) is 10.1. The highest BCUT2D eigenvalue weighted by molar-refractivity contribution is 6.09. The summed E-state index contributed by atoms with van der Waals surface area (Å²) in [7, 11) is 0. The van der Waals surface area contributed by atoms with E-state index in [2.05, 4.69) is 41.5 Å². The number of amides is 1. The Labute approximate surface area is 217 Å². The third kappa shape index (κ3) is 5.54. The van der Waals surface area contributed by atoms with Crippen LogP contribution < -0.4 is 16.0 Å². The molecule has 37 heavy (non-hydrogen) atoms. The van der Waals surface area contributed by atoms with Crippen molar-refractivity contribution < 1.29 is 4.79 Å². The fourth-order valence-electron chi connectivity index (χ4n) is 4.63. The van der Waals surface area contributed by atoms with Crippen molar-refractivity contribution in [3.8, 4) is 0 Å². The summed E-state index contributed by atoms with van der Waals surface area (Å²) < 4.78 is 0. The third-order valence-electron chi connectivity index (χ3n) is 6.59. The van der Waals surface area contributed by atoms with Gasteiger partial charge in [0.05, 0.1) is 6.04 Å². The molecule has 2 aliphatic heterocycles. The lowest BCUT2D eigenvalue weighted by Gasteiger charge is -2.37. The molecule has 2 unspecified atom stereocenters. The number of fused-ring (bicyclic) bond motifs is 1. The summed E-state index contributed by atoms with van der Waals surface area (Å²) in [6.45, 7) is 6.64. The molecule has 8 nitrogen and oxygen atoms in total. The maximum atomic E-state index is 12.6. The van der Waals surface area contributed by atoms with Crippen LogP contribution in [-0.2, 0) is 16.8 Å². The Morgan fingerprint density at radius 2 is 1.95 bits per heavy atom. The minimum absolute atomic E-state index is 0.0293. The number of nitrogens with two attached hydrogens (primary N) is 1. The molecule has 1 saturated heterocycles. The van der Waals surface area contributed by atoms with Crippen LogP contribution >= 0.6 is 0 Å². The SMILES string of the molecule is CC(Cc1cccc(C(C)(C)N)c1)Nc1nccc(N2CCC(=O)N3C=CC(c4ccccc4)N=C32)n1. The largest absolute Gasteiger partial charge is 0.351 e. The number of guanidine groups is 1. The van der Waals surface area contributed by atoms with E-state index in [1.165, 1.54) is 5.56 Å². The summed E-state index contributed by atoms with van der Waals surface area (Å²) in [4.78, 5) is 30.4. The average molecular weight is 496 g/mol. The summed E-state index contributed by atoms with van der Waals surface area (Å²) in [6, 6.07) is 20.2. The Hall–Kier alpha value is -4.04. The van der Waals surface area contributed by atoms with Gasteiger partial charge in [0, 0.05) is 36.9 Å². The van der Waals surface area contributed by atoms with Crippen LogP contribution in [-0.4, -0.2) is 39.3 Å². The number of hydrogen-bond acceptors (Lipinski definition) is 7. The van der Waals surface area contributed by atoms with E-state index >= 15 is 0 Å². The van der Waals surface area contributed by atoms with Crippen molar-refractivity contribution in [1.82, 2.24) is 14.9 Å². The molecule has 1 aromatic heterocycles. The van der Waals surface area contributed by atoms with Gasteiger partial charge in [0.25, 0.3) is 0 Å². The van der Waals surface area contributed by atoms with Gasteiger partial charge >= 0.3 is 0 Å². The number of rotatable bonds is 7. The van der Waals surface area contributed by atoms with Crippen molar-refractivity contribution in [3.63, 3.8) is 0 Å². The molecular formula is C29H33N7O. The van der Waals surface area contributed by atoms with Gasteiger partial charge in [0.1, 0.15) is 5.82 Å². The van der Waals surface area contributed by atoms with Crippen molar-refractivity contribution in [2.75, 3.05) is 16.8 Å². The first-order valence-electron chi connectivity index (χ1n) is 12.7. The van der Waals surface area contributed by atoms with Gasteiger partial charge in [0.15, 0.2) is 0 Å². The van der Waals surface area contributed by atoms with Crippen molar-refractivity contribution in [3.05, 3.63) is 95.8 Å². The third-order valence-corrected chi connectivity index (χ3v) is 6.59. The van der Waals surface area contributed by atoms with Gasteiger partial charge in [-0.1, -0.05) is 54.6 Å². The monoisotopic (exact) mass is 495 g/mol. The standard InChI is InChI=1S/C29H33N7O/c1-20(18-21-8-7-11-23(19-21)29(2,3)30)32-27-31-15-12-25(34-27)35-17-14-26(37)36-16-13-24(33-28(35)36)22-9-5-4-6-10-22/h4-13,15-16,19-20,24H,14,17-18,30H2,1-3H3,(H,31,32,34). The first-order valence-corrected chi connectivity index (χ1v) is 12.7. The molecule has 2 aliphatic rings. The zero-order chi connectivity index (χ0) is 26.0. The lowest BCUT2D eigenvalue weighted by atomic mass is 9.93. The van der Waals surface area contributed by atoms with Crippen LogP contribution in [0.25, 0.3) is 0 Å². The first-order chi connectivity index (χ1) is 17.8. The van der Waals surface area contributed by atoms with E-state index in [0.29, 0.717) is 30.7 Å².